The van der Waals surface area contributed by atoms with Crippen LogP contribution in [-0.4, -0.2) is 47.3 Å². The normalized spacial score (nSPS) is 17.4. The molecule has 7 heteroatoms. The van der Waals surface area contributed by atoms with E-state index >= 15 is 0 Å². The highest BCUT2D eigenvalue weighted by Gasteiger charge is 2.34. The number of rotatable bonds is 2. The zero-order valence-corrected chi connectivity index (χ0v) is 12.6. The molecule has 6 nitrogen and oxygen atoms in total. The van der Waals surface area contributed by atoms with Gasteiger partial charge in [-0.3, -0.25) is 0 Å². The quantitative estimate of drug-likeness (QED) is 0.880. The predicted molar refractivity (Wildman–Crippen MR) is 79.0 cm³/mol. The summed E-state index contributed by atoms with van der Waals surface area (Å²) >= 11 is 5.88. The Morgan fingerprint density at radius 2 is 2.14 bits per heavy atom. The van der Waals surface area contributed by atoms with Crippen LogP contribution in [0.1, 0.15) is 24.2 Å². The number of nitrogens with one attached hydrogen (secondary N) is 1. The summed E-state index contributed by atoms with van der Waals surface area (Å²) in [4.78, 5) is 24.9. The predicted octanol–water partition coefficient (Wildman–Crippen LogP) is 2.68. The van der Waals surface area contributed by atoms with Crippen molar-refractivity contribution in [3.05, 3.63) is 28.8 Å². The molecule has 1 heterocycles. The van der Waals surface area contributed by atoms with Crippen molar-refractivity contribution in [3.8, 4) is 0 Å². The second-order valence-electron chi connectivity index (χ2n) is 5.45. The van der Waals surface area contributed by atoms with Gasteiger partial charge in [0.1, 0.15) is 0 Å². The molecule has 0 spiro atoms. The monoisotopic (exact) mass is 312 g/mol. The van der Waals surface area contributed by atoms with Gasteiger partial charge in [-0.15, -0.1) is 0 Å². The molecule has 0 unspecified atom stereocenters. The molecule has 21 heavy (non-hydrogen) atoms. The van der Waals surface area contributed by atoms with E-state index in [0.717, 1.165) is 0 Å². The molecule has 1 saturated heterocycles. The van der Waals surface area contributed by atoms with Crippen molar-refractivity contribution in [1.29, 1.82) is 0 Å². The van der Waals surface area contributed by atoms with E-state index in [2.05, 4.69) is 5.32 Å². The van der Waals surface area contributed by atoms with Gasteiger partial charge in [-0.2, -0.15) is 0 Å². The molecule has 2 N–H and O–H groups in total. The smallest absolute Gasteiger partial charge is 0.337 e. The molecular formula is C14H17ClN2O4. The van der Waals surface area contributed by atoms with Crippen LogP contribution < -0.4 is 5.32 Å². The number of benzene rings is 1. The van der Waals surface area contributed by atoms with E-state index in [1.54, 1.807) is 4.90 Å². The number of carboxylic acids is 1. The number of ether oxygens (including phenoxy) is 1. The van der Waals surface area contributed by atoms with Crippen LogP contribution in [0.4, 0.5) is 10.5 Å². The maximum atomic E-state index is 12.3. The van der Waals surface area contributed by atoms with Crippen molar-refractivity contribution in [2.24, 2.45) is 0 Å². The molecule has 2 amide bonds. The summed E-state index contributed by atoms with van der Waals surface area (Å²) in [6.45, 7) is 5.31. The van der Waals surface area contributed by atoms with Gasteiger partial charge in [-0.1, -0.05) is 11.6 Å². The number of aromatic carboxylic acids is 1. The second kappa shape index (κ2) is 5.91. The number of anilines is 1. The van der Waals surface area contributed by atoms with Crippen LogP contribution in [0, 0.1) is 0 Å². The average Bonchev–Trinajstić information content (AvgIpc) is 2.37. The number of carbonyl (C=O) groups is 2. The van der Waals surface area contributed by atoms with E-state index in [4.69, 9.17) is 21.4 Å². The fraction of sp³-hybridized carbons (Fsp3) is 0.429. The third kappa shape index (κ3) is 3.46. The van der Waals surface area contributed by atoms with Crippen molar-refractivity contribution in [1.82, 2.24) is 4.90 Å². The van der Waals surface area contributed by atoms with Gasteiger partial charge in [0.2, 0.25) is 0 Å². The van der Waals surface area contributed by atoms with E-state index in [1.807, 2.05) is 13.8 Å². The van der Waals surface area contributed by atoms with Crippen LogP contribution in [0.5, 0.6) is 0 Å². The molecule has 0 saturated carbocycles. The van der Waals surface area contributed by atoms with Gasteiger partial charge in [0.25, 0.3) is 0 Å². The zero-order chi connectivity index (χ0) is 15.6. The van der Waals surface area contributed by atoms with Crippen LogP contribution in [0.15, 0.2) is 18.2 Å². The standard InChI is InChI=1S/C14H17ClN2O4/c1-14(2)8-21-6-5-17(14)13(20)16-9-3-4-10(12(18)19)11(15)7-9/h3-4,7H,5-6,8H2,1-2H3,(H,16,20)(H,18,19). The third-order valence-electron chi connectivity index (χ3n) is 3.34. The lowest BCUT2D eigenvalue weighted by atomic mass is 10.0. The number of amides is 2. The first-order valence-corrected chi connectivity index (χ1v) is 6.88. The van der Waals surface area contributed by atoms with E-state index in [0.29, 0.717) is 25.4 Å². The van der Waals surface area contributed by atoms with Gasteiger partial charge in [0, 0.05) is 12.2 Å². The molecule has 2 rings (SSSR count). The summed E-state index contributed by atoms with van der Waals surface area (Å²) in [5.74, 6) is -1.10. The molecule has 1 aromatic carbocycles. The van der Waals surface area contributed by atoms with Gasteiger partial charge >= 0.3 is 12.0 Å². The summed E-state index contributed by atoms with van der Waals surface area (Å²) < 4.78 is 5.37. The number of morpholine rings is 1. The molecule has 1 aromatic rings. The van der Waals surface area contributed by atoms with Crippen LogP contribution in [0.3, 0.4) is 0 Å². The molecule has 1 fully saturated rings. The van der Waals surface area contributed by atoms with E-state index in [-0.39, 0.29) is 16.6 Å². The number of urea groups is 1. The first-order valence-electron chi connectivity index (χ1n) is 6.50. The van der Waals surface area contributed by atoms with Gasteiger partial charge in [-0.25, -0.2) is 9.59 Å². The van der Waals surface area contributed by atoms with Crippen LogP contribution in [0.2, 0.25) is 5.02 Å². The maximum Gasteiger partial charge on any atom is 0.337 e. The first-order chi connectivity index (χ1) is 9.81. The molecule has 1 aliphatic rings. The summed E-state index contributed by atoms with van der Waals surface area (Å²) in [6, 6.07) is 4.05. The molecule has 1 aliphatic heterocycles. The fourth-order valence-corrected chi connectivity index (χ4v) is 2.45. The lowest BCUT2D eigenvalue weighted by Gasteiger charge is -2.41. The average molecular weight is 313 g/mol. The summed E-state index contributed by atoms with van der Waals surface area (Å²) in [5, 5.41) is 11.7. The summed E-state index contributed by atoms with van der Waals surface area (Å²) in [7, 11) is 0. The van der Waals surface area contributed by atoms with Crippen molar-refractivity contribution >= 4 is 29.3 Å². The topological polar surface area (TPSA) is 78.9 Å². The highest BCUT2D eigenvalue weighted by molar-refractivity contribution is 6.33. The molecule has 0 aromatic heterocycles. The number of carbonyl (C=O) groups excluding carboxylic acids is 1. The molecule has 0 radical (unpaired) electrons. The minimum atomic E-state index is -1.10. The van der Waals surface area contributed by atoms with E-state index in [9.17, 15) is 9.59 Å². The number of nitrogens with zero attached hydrogens (tertiary/aromatic N) is 1. The Morgan fingerprint density at radius 1 is 1.43 bits per heavy atom. The number of hydrogen-bond donors (Lipinski definition) is 2. The largest absolute Gasteiger partial charge is 0.478 e. The van der Waals surface area contributed by atoms with Gasteiger partial charge in [0.15, 0.2) is 0 Å². The Bertz CT molecular complexity index is 574. The van der Waals surface area contributed by atoms with Gasteiger partial charge < -0.3 is 20.1 Å². The van der Waals surface area contributed by atoms with Crippen molar-refractivity contribution in [2.45, 2.75) is 19.4 Å². The highest BCUT2D eigenvalue weighted by atomic mass is 35.5. The Labute approximate surface area is 127 Å². The SMILES string of the molecule is CC1(C)COCCN1C(=O)Nc1ccc(C(=O)O)c(Cl)c1. The van der Waals surface area contributed by atoms with Crippen LogP contribution in [-0.2, 0) is 4.74 Å². The highest BCUT2D eigenvalue weighted by Crippen LogP contribution is 2.23. The summed E-state index contributed by atoms with van der Waals surface area (Å²) in [5.41, 5.74) is 0.0614. The maximum absolute atomic E-state index is 12.3. The van der Waals surface area contributed by atoms with Crippen molar-refractivity contribution in [2.75, 3.05) is 25.1 Å². The molecule has 114 valence electrons. The molecule has 0 aliphatic carbocycles. The Hall–Kier alpha value is -1.79. The van der Waals surface area contributed by atoms with Crippen molar-refractivity contribution < 1.29 is 19.4 Å². The number of carboxylic acid groups (broad SMARTS) is 1. The molecule has 0 atom stereocenters. The van der Waals surface area contributed by atoms with Gasteiger partial charge in [-0.05, 0) is 32.0 Å². The minimum Gasteiger partial charge on any atom is -0.478 e. The third-order valence-corrected chi connectivity index (χ3v) is 3.65. The minimum absolute atomic E-state index is 0.00127. The van der Waals surface area contributed by atoms with Crippen molar-refractivity contribution in [3.63, 3.8) is 0 Å². The summed E-state index contributed by atoms with van der Waals surface area (Å²) in [6.07, 6.45) is 0. The number of halogens is 1. The molecule has 0 bridgehead atoms. The Kier molecular flexibility index (Phi) is 4.39. The number of hydrogen-bond acceptors (Lipinski definition) is 3. The lowest BCUT2D eigenvalue weighted by Crippen LogP contribution is -2.56. The fourth-order valence-electron chi connectivity index (χ4n) is 2.19. The van der Waals surface area contributed by atoms with E-state index < -0.39 is 11.5 Å². The van der Waals surface area contributed by atoms with Gasteiger partial charge in [0.05, 0.1) is 29.3 Å². The Morgan fingerprint density at radius 3 is 2.71 bits per heavy atom. The second-order valence-corrected chi connectivity index (χ2v) is 5.85. The van der Waals surface area contributed by atoms with E-state index in [1.165, 1.54) is 18.2 Å². The Balaban J connectivity index is 2.12. The molecular weight excluding hydrogens is 296 g/mol. The lowest BCUT2D eigenvalue weighted by molar-refractivity contribution is -0.0249. The zero-order valence-electron chi connectivity index (χ0n) is 11.9. The van der Waals surface area contributed by atoms with Crippen LogP contribution in [0.25, 0.3) is 0 Å². The van der Waals surface area contributed by atoms with Crippen LogP contribution >= 0.6 is 11.6 Å². The first kappa shape index (κ1) is 15.6.